The number of hydrogen-bond acceptors (Lipinski definition) is 2. The van der Waals surface area contributed by atoms with Crippen LogP contribution < -0.4 is 11.1 Å². The Kier molecular flexibility index (Phi) is 4.31. The molecular formula is C16H18N2O. The lowest BCUT2D eigenvalue weighted by atomic mass is 10.0. The summed E-state index contributed by atoms with van der Waals surface area (Å²) in [6, 6.07) is 17.1. The number of nitrogens with two attached hydrogens (primary N) is 1. The molecule has 0 bridgehead atoms. The summed E-state index contributed by atoms with van der Waals surface area (Å²) in [6.45, 7) is 2.30. The van der Waals surface area contributed by atoms with Gasteiger partial charge in [0.15, 0.2) is 0 Å². The summed E-state index contributed by atoms with van der Waals surface area (Å²) in [7, 11) is 0. The molecule has 0 spiro atoms. The minimum absolute atomic E-state index is 0.0857. The van der Waals surface area contributed by atoms with E-state index in [-0.39, 0.29) is 11.9 Å². The zero-order chi connectivity index (χ0) is 13.7. The number of hydrogen-bond donors (Lipinski definition) is 2. The van der Waals surface area contributed by atoms with Gasteiger partial charge in [-0.05, 0) is 24.1 Å². The Balaban J connectivity index is 2.16. The molecule has 0 aliphatic heterocycles. The first-order valence-corrected chi connectivity index (χ1v) is 6.34. The van der Waals surface area contributed by atoms with Crippen LogP contribution in [0.2, 0.25) is 0 Å². The van der Waals surface area contributed by atoms with E-state index in [9.17, 15) is 4.79 Å². The van der Waals surface area contributed by atoms with E-state index in [0.29, 0.717) is 12.1 Å². The molecule has 0 saturated carbocycles. The molecule has 2 rings (SSSR count). The van der Waals surface area contributed by atoms with E-state index >= 15 is 0 Å². The summed E-state index contributed by atoms with van der Waals surface area (Å²) in [4.78, 5) is 12.2. The topological polar surface area (TPSA) is 55.1 Å². The molecule has 0 aliphatic carbocycles. The van der Waals surface area contributed by atoms with Crippen molar-refractivity contribution in [3.05, 3.63) is 71.3 Å². The second-order valence-electron chi connectivity index (χ2n) is 4.49. The predicted molar refractivity (Wildman–Crippen MR) is 76.9 cm³/mol. The van der Waals surface area contributed by atoms with Crippen LogP contribution in [0, 0.1) is 6.92 Å². The average molecular weight is 254 g/mol. The lowest BCUT2D eigenvalue weighted by Crippen LogP contribution is -2.33. The van der Waals surface area contributed by atoms with Gasteiger partial charge < -0.3 is 11.1 Å². The smallest absolute Gasteiger partial charge is 0.252 e. The van der Waals surface area contributed by atoms with Gasteiger partial charge in [-0.2, -0.15) is 0 Å². The van der Waals surface area contributed by atoms with Crippen LogP contribution in [0.1, 0.15) is 27.5 Å². The monoisotopic (exact) mass is 254 g/mol. The van der Waals surface area contributed by atoms with E-state index in [2.05, 4.69) is 5.32 Å². The fourth-order valence-corrected chi connectivity index (χ4v) is 2.03. The van der Waals surface area contributed by atoms with Gasteiger partial charge in [-0.15, -0.1) is 0 Å². The molecule has 98 valence electrons. The molecule has 1 unspecified atom stereocenters. The highest BCUT2D eigenvalue weighted by Crippen LogP contribution is 2.13. The van der Waals surface area contributed by atoms with E-state index in [1.54, 1.807) is 0 Å². The summed E-state index contributed by atoms with van der Waals surface area (Å²) < 4.78 is 0. The van der Waals surface area contributed by atoms with Gasteiger partial charge in [-0.25, -0.2) is 0 Å². The second kappa shape index (κ2) is 6.16. The standard InChI is InChI=1S/C16H18N2O/c1-12-7-5-6-10-14(12)16(19)18-15(11-17)13-8-3-2-4-9-13/h2-10,15H,11,17H2,1H3,(H,18,19). The van der Waals surface area contributed by atoms with E-state index in [4.69, 9.17) is 5.73 Å². The summed E-state index contributed by atoms with van der Waals surface area (Å²) in [5, 5.41) is 2.98. The molecule has 0 radical (unpaired) electrons. The fraction of sp³-hybridized carbons (Fsp3) is 0.188. The van der Waals surface area contributed by atoms with Crippen LogP contribution in [-0.4, -0.2) is 12.5 Å². The molecule has 0 saturated heterocycles. The van der Waals surface area contributed by atoms with Crippen LogP contribution in [-0.2, 0) is 0 Å². The van der Waals surface area contributed by atoms with Gasteiger partial charge in [0.2, 0.25) is 0 Å². The molecule has 0 aliphatic rings. The molecule has 0 fully saturated rings. The number of amides is 1. The number of benzene rings is 2. The van der Waals surface area contributed by atoms with E-state index in [1.165, 1.54) is 0 Å². The number of nitrogens with one attached hydrogen (secondary N) is 1. The summed E-state index contributed by atoms with van der Waals surface area (Å²) in [5.74, 6) is -0.0857. The van der Waals surface area contributed by atoms with Crippen molar-refractivity contribution in [3.63, 3.8) is 0 Å². The van der Waals surface area contributed by atoms with Crippen molar-refractivity contribution in [2.24, 2.45) is 5.73 Å². The molecule has 3 heteroatoms. The zero-order valence-corrected chi connectivity index (χ0v) is 11.0. The lowest BCUT2D eigenvalue weighted by molar-refractivity contribution is 0.0937. The molecule has 3 N–H and O–H groups in total. The van der Waals surface area contributed by atoms with Gasteiger partial charge in [0.25, 0.3) is 5.91 Å². The van der Waals surface area contributed by atoms with Crippen molar-refractivity contribution >= 4 is 5.91 Å². The Bertz CT molecular complexity index is 552. The third kappa shape index (κ3) is 3.20. The molecule has 1 amide bonds. The zero-order valence-electron chi connectivity index (χ0n) is 11.0. The van der Waals surface area contributed by atoms with Crippen LogP contribution in [0.15, 0.2) is 54.6 Å². The van der Waals surface area contributed by atoms with Crippen molar-refractivity contribution in [2.75, 3.05) is 6.54 Å². The normalized spacial score (nSPS) is 11.9. The van der Waals surface area contributed by atoms with Crippen LogP contribution in [0.4, 0.5) is 0 Å². The van der Waals surface area contributed by atoms with Crippen molar-refractivity contribution in [1.82, 2.24) is 5.32 Å². The predicted octanol–water partition coefficient (Wildman–Crippen LogP) is 2.42. The molecule has 1 atom stereocenters. The first-order chi connectivity index (χ1) is 9.22. The fourth-order valence-electron chi connectivity index (χ4n) is 2.03. The highest BCUT2D eigenvalue weighted by molar-refractivity contribution is 5.95. The van der Waals surface area contributed by atoms with E-state index < -0.39 is 0 Å². The van der Waals surface area contributed by atoms with Crippen molar-refractivity contribution in [2.45, 2.75) is 13.0 Å². The number of carbonyl (C=O) groups is 1. The molecule has 0 aromatic heterocycles. The number of carbonyl (C=O) groups excluding carboxylic acids is 1. The minimum atomic E-state index is -0.159. The highest BCUT2D eigenvalue weighted by atomic mass is 16.1. The van der Waals surface area contributed by atoms with Crippen LogP contribution in [0.25, 0.3) is 0 Å². The largest absolute Gasteiger partial charge is 0.344 e. The maximum absolute atomic E-state index is 12.2. The first kappa shape index (κ1) is 13.3. The minimum Gasteiger partial charge on any atom is -0.344 e. The molecule has 2 aromatic rings. The van der Waals surface area contributed by atoms with E-state index in [0.717, 1.165) is 11.1 Å². The Morgan fingerprint density at radius 1 is 1.11 bits per heavy atom. The number of aryl methyl sites for hydroxylation is 1. The van der Waals surface area contributed by atoms with Crippen LogP contribution in [0.5, 0.6) is 0 Å². The van der Waals surface area contributed by atoms with Crippen LogP contribution >= 0.6 is 0 Å². The molecule has 0 heterocycles. The van der Waals surface area contributed by atoms with Crippen molar-refractivity contribution in [3.8, 4) is 0 Å². The third-order valence-corrected chi connectivity index (χ3v) is 3.13. The van der Waals surface area contributed by atoms with Gasteiger partial charge in [0.1, 0.15) is 0 Å². The lowest BCUT2D eigenvalue weighted by Gasteiger charge is -2.18. The number of rotatable bonds is 4. The summed E-state index contributed by atoms with van der Waals surface area (Å²) in [6.07, 6.45) is 0. The first-order valence-electron chi connectivity index (χ1n) is 6.34. The van der Waals surface area contributed by atoms with Crippen molar-refractivity contribution < 1.29 is 4.79 Å². The van der Waals surface area contributed by atoms with Crippen LogP contribution in [0.3, 0.4) is 0 Å². The van der Waals surface area contributed by atoms with Gasteiger partial charge in [0, 0.05) is 12.1 Å². The Labute approximate surface area is 113 Å². The molecule has 2 aromatic carbocycles. The quantitative estimate of drug-likeness (QED) is 0.880. The van der Waals surface area contributed by atoms with Gasteiger partial charge >= 0.3 is 0 Å². The third-order valence-electron chi connectivity index (χ3n) is 3.13. The van der Waals surface area contributed by atoms with Crippen molar-refractivity contribution in [1.29, 1.82) is 0 Å². The average Bonchev–Trinajstić information content (AvgIpc) is 2.46. The van der Waals surface area contributed by atoms with Gasteiger partial charge in [0.05, 0.1) is 6.04 Å². The van der Waals surface area contributed by atoms with Gasteiger partial charge in [-0.3, -0.25) is 4.79 Å². The van der Waals surface area contributed by atoms with Gasteiger partial charge in [-0.1, -0.05) is 48.5 Å². The summed E-state index contributed by atoms with van der Waals surface area (Å²) in [5.41, 5.74) is 8.43. The summed E-state index contributed by atoms with van der Waals surface area (Å²) >= 11 is 0. The maximum Gasteiger partial charge on any atom is 0.252 e. The Morgan fingerprint density at radius 2 is 1.74 bits per heavy atom. The van der Waals surface area contributed by atoms with E-state index in [1.807, 2.05) is 61.5 Å². The molecule has 19 heavy (non-hydrogen) atoms. The highest BCUT2D eigenvalue weighted by Gasteiger charge is 2.15. The Hall–Kier alpha value is -2.13. The Morgan fingerprint density at radius 3 is 2.37 bits per heavy atom. The second-order valence-corrected chi connectivity index (χ2v) is 4.49. The molecule has 3 nitrogen and oxygen atoms in total. The SMILES string of the molecule is Cc1ccccc1C(=O)NC(CN)c1ccccc1. The molecular weight excluding hydrogens is 236 g/mol. The maximum atomic E-state index is 12.2.